The van der Waals surface area contributed by atoms with Crippen LogP contribution in [-0.4, -0.2) is 25.7 Å². The van der Waals surface area contributed by atoms with Gasteiger partial charge in [-0.1, -0.05) is 12.1 Å². The topological polar surface area (TPSA) is 56.8 Å². The first kappa shape index (κ1) is 18.9. The minimum absolute atomic E-state index is 0.0213. The van der Waals surface area contributed by atoms with Crippen LogP contribution in [0.25, 0.3) is 0 Å². The molecule has 2 aromatic carbocycles. The smallest absolute Gasteiger partial charge is 0.416 e. The van der Waals surface area contributed by atoms with Gasteiger partial charge in [0.15, 0.2) is 18.1 Å². The summed E-state index contributed by atoms with van der Waals surface area (Å²) in [5.74, 6) is 0.790. The van der Waals surface area contributed by atoms with Crippen LogP contribution in [0.1, 0.15) is 24.1 Å². The largest absolute Gasteiger partial charge is 0.486 e. The molecule has 0 aromatic heterocycles. The van der Waals surface area contributed by atoms with Gasteiger partial charge in [0.25, 0.3) is 5.91 Å². The summed E-state index contributed by atoms with van der Waals surface area (Å²) < 4.78 is 54.2. The molecule has 1 amide bonds. The van der Waals surface area contributed by atoms with Crippen LogP contribution in [0.2, 0.25) is 0 Å². The standard InChI is InChI=1S/C19H18F3NO4/c1-12(13-5-6-16-17(9-13)26-8-7-25-16)23-18(24)11-27-15-4-2-3-14(10-15)19(20,21)22/h2-6,9-10,12H,7-8,11H2,1H3,(H,23,24). The Morgan fingerprint density at radius 3 is 2.63 bits per heavy atom. The van der Waals surface area contributed by atoms with Crippen molar-refractivity contribution in [2.45, 2.75) is 19.1 Å². The third-order valence-electron chi connectivity index (χ3n) is 3.98. The highest BCUT2D eigenvalue weighted by atomic mass is 19.4. The molecular formula is C19H18F3NO4. The molecule has 1 aliphatic heterocycles. The molecule has 0 saturated heterocycles. The molecule has 1 aliphatic rings. The van der Waals surface area contributed by atoms with E-state index in [0.717, 1.165) is 17.7 Å². The molecule has 2 aromatic rings. The summed E-state index contributed by atoms with van der Waals surface area (Å²) >= 11 is 0. The first-order valence-corrected chi connectivity index (χ1v) is 8.32. The molecule has 1 N–H and O–H groups in total. The van der Waals surface area contributed by atoms with Crippen LogP contribution in [0, 0.1) is 0 Å². The van der Waals surface area contributed by atoms with Crippen LogP contribution < -0.4 is 19.5 Å². The highest BCUT2D eigenvalue weighted by molar-refractivity contribution is 5.78. The second-order valence-corrected chi connectivity index (χ2v) is 6.01. The van der Waals surface area contributed by atoms with Crippen molar-refractivity contribution in [3.63, 3.8) is 0 Å². The Hall–Kier alpha value is -2.90. The number of hydrogen-bond donors (Lipinski definition) is 1. The fourth-order valence-corrected chi connectivity index (χ4v) is 2.61. The number of hydrogen-bond acceptors (Lipinski definition) is 4. The van der Waals surface area contributed by atoms with Crippen molar-refractivity contribution in [2.75, 3.05) is 19.8 Å². The highest BCUT2D eigenvalue weighted by Crippen LogP contribution is 2.33. The molecule has 0 aliphatic carbocycles. The van der Waals surface area contributed by atoms with E-state index in [2.05, 4.69) is 5.32 Å². The molecule has 3 rings (SSSR count). The predicted molar refractivity (Wildman–Crippen MR) is 90.9 cm³/mol. The summed E-state index contributed by atoms with van der Waals surface area (Å²) in [4.78, 5) is 12.1. The van der Waals surface area contributed by atoms with Crippen molar-refractivity contribution in [2.24, 2.45) is 0 Å². The quantitative estimate of drug-likeness (QED) is 0.858. The van der Waals surface area contributed by atoms with Gasteiger partial charge in [0.1, 0.15) is 19.0 Å². The molecule has 1 atom stereocenters. The maximum atomic E-state index is 12.7. The molecule has 8 heteroatoms. The molecule has 0 saturated carbocycles. The Balaban J connectivity index is 1.56. The van der Waals surface area contributed by atoms with Gasteiger partial charge in [0.2, 0.25) is 0 Å². The molecule has 0 spiro atoms. The molecule has 5 nitrogen and oxygen atoms in total. The molecular weight excluding hydrogens is 363 g/mol. The lowest BCUT2D eigenvalue weighted by Crippen LogP contribution is -2.31. The molecule has 0 bridgehead atoms. The van der Waals surface area contributed by atoms with E-state index in [9.17, 15) is 18.0 Å². The van der Waals surface area contributed by atoms with Crippen LogP contribution in [0.15, 0.2) is 42.5 Å². The van der Waals surface area contributed by atoms with E-state index < -0.39 is 24.3 Å². The van der Waals surface area contributed by atoms with Gasteiger partial charge in [0, 0.05) is 0 Å². The van der Waals surface area contributed by atoms with Gasteiger partial charge in [-0.05, 0) is 42.8 Å². The Labute approximate surface area is 154 Å². The van der Waals surface area contributed by atoms with Crippen LogP contribution in [0.3, 0.4) is 0 Å². The summed E-state index contributed by atoms with van der Waals surface area (Å²) in [5.41, 5.74) is -0.0169. The van der Waals surface area contributed by atoms with E-state index in [-0.39, 0.29) is 11.8 Å². The molecule has 1 unspecified atom stereocenters. The number of halogens is 3. The maximum absolute atomic E-state index is 12.7. The van der Waals surface area contributed by atoms with Crippen molar-refractivity contribution in [3.05, 3.63) is 53.6 Å². The van der Waals surface area contributed by atoms with Gasteiger partial charge >= 0.3 is 6.18 Å². The van der Waals surface area contributed by atoms with E-state index in [1.165, 1.54) is 12.1 Å². The highest BCUT2D eigenvalue weighted by Gasteiger charge is 2.30. The summed E-state index contributed by atoms with van der Waals surface area (Å²) in [7, 11) is 0. The number of nitrogens with one attached hydrogen (secondary N) is 1. The Kier molecular flexibility index (Phi) is 5.43. The van der Waals surface area contributed by atoms with Crippen molar-refractivity contribution >= 4 is 5.91 Å². The second kappa shape index (κ2) is 7.77. The number of ether oxygens (including phenoxy) is 3. The molecule has 0 radical (unpaired) electrons. The van der Waals surface area contributed by atoms with Gasteiger partial charge in [0.05, 0.1) is 11.6 Å². The third kappa shape index (κ3) is 4.84. The number of alkyl halides is 3. The second-order valence-electron chi connectivity index (χ2n) is 6.01. The van der Waals surface area contributed by atoms with E-state index in [0.29, 0.717) is 24.7 Å². The Bertz CT molecular complexity index is 823. The Morgan fingerprint density at radius 2 is 1.89 bits per heavy atom. The first-order chi connectivity index (χ1) is 12.8. The fraction of sp³-hybridized carbons (Fsp3) is 0.316. The number of amides is 1. The van der Waals surface area contributed by atoms with Gasteiger partial charge in [-0.25, -0.2) is 0 Å². The van der Waals surface area contributed by atoms with Gasteiger partial charge < -0.3 is 19.5 Å². The number of rotatable bonds is 5. The third-order valence-corrected chi connectivity index (χ3v) is 3.98. The minimum atomic E-state index is -4.46. The van der Waals surface area contributed by atoms with Crippen molar-refractivity contribution in [1.29, 1.82) is 0 Å². The minimum Gasteiger partial charge on any atom is -0.486 e. The normalized spacial score (nSPS) is 14.4. The van der Waals surface area contributed by atoms with Crippen LogP contribution in [-0.2, 0) is 11.0 Å². The van der Waals surface area contributed by atoms with E-state index >= 15 is 0 Å². The average molecular weight is 381 g/mol. The Morgan fingerprint density at radius 1 is 1.15 bits per heavy atom. The number of carbonyl (C=O) groups is 1. The summed E-state index contributed by atoms with van der Waals surface area (Å²) in [5, 5.41) is 2.74. The lowest BCUT2D eigenvalue weighted by atomic mass is 10.1. The van der Waals surface area contributed by atoms with Crippen LogP contribution in [0.5, 0.6) is 17.2 Å². The van der Waals surface area contributed by atoms with Crippen molar-refractivity contribution in [1.82, 2.24) is 5.32 Å². The average Bonchev–Trinajstić information content (AvgIpc) is 2.65. The van der Waals surface area contributed by atoms with E-state index in [1.807, 2.05) is 6.07 Å². The first-order valence-electron chi connectivity index (χ1n) is 8.32. The van der Waals surface area contributed by atoms with Gasteiger partial charge in [-0.3, -0.25) is 4.79 Å². The zero-order chi connectivity index (χ0) is 19.4. The van der Waals surface area contributed by atoms with Gasteiger partial charge in [-0.2, -0.15) is 13.2 Å². The SMILES string of the molecule is CC(NC(=O)COc1cccc(C(F)(F)F)c1)c1ccc2c(c1)OCCO2. The lowest BCUT2D eigenvalue weighted by molar-refractivity contribution is -0.137. The molecule has 0 fully saturated rings. The van der Waals surface area contributed by atoms with Crippen molar-refractivity contribution in [3.8, 4) is 17.2 Å². The van der Waals surface area contributed by atoms with Crippen LogP contribution in [0.4, 0.5) is 13.2 Å². The molecule has 144 valence electrons. The molecule has 1 heterocycles. The fourth-order valence-electron chi connectivity index (χ4n) is 2.61. The summed E-state index contributed by atoms with van der Waals surface area (Å²) in [6, 6.07) is 9.43. The summed E-state index contributed by atoms with van der Waals surface area (Å²) in [6.45, 7) is 2.34. The van der Waals surface area contributed by atoms with Crippen LogP contribution >= 0.6 is 0 Å². The molecule has 27 heavy (non-hydrogen) atoms. The van der Waals surface area contributed by atoms with Gasteiger partial charge in [-0.15, -0.1) is 0 Å². The number of benzene rings is 2. The summed E-state index contributed by atoms with van der Waals surface area (Å²) in [6.07, 6.45) is -4.46. The number of carbonyl (C=O) groups excluding carboxylic acids is 1. The van der Waals surface area contributed by atoms with E-state index in [4.69, 9.17) is 14.2 Å². The maximum Gasteiger partial charge on any atom is 0.416 e. The zero-order valence-electron chi connectivity index (χ0n) is 14.5. The van der Waals surface area contributed by atoms with E-state index in [1.54, 1.807) is 19.1 Å². The lowest BCUT2D eigenvalue weighted by Gasteiger charge is -2.21. The van der Waals surface area contributed by atoms with Crippen molar-refractivity contribution < 1.29 is 32.2 Å². The monoisotopic (exact) mass is 381 g/mol. The number of fused-ring (bicyclic) bond motifs is 1. The zero-order valence-corrected chi connectivity index (χ0v) is 14.5. The predicted octanol–water partition coefficient (Wildman–Crippen LogP) is 3.73.